The number of hydrogen-bond donors (Lipinski definition) is 1. The molecule has 1 N–H and O–H groups in total. The quantitative estimate of drug-likeness (QED) is 0.878. The number of ether oxygens (including phenoxy) is 1. The molecule has 0 spiro atoms. The summed E-state index contributed by atoms with van der Waals surface area (Å²) in [6.07, 6.45) is -0.0454. The minimum Gasteiger partial charge on any atom is -0.478 e. The maximum atomic E-state index is 11.0. The lowest BCUT2D eigenvalue weighted by Crippen LogP contribution is -2.32. The molecule has 0 amide bonds. The van der Waals surface area contributed by atoms with Crippen molar-refractivity contribution in [2.75, 3.05) is 0 Å². The van der Waals surface area contributed by atoms with Gasteiger partial charge in [-0.1, -0.05) is 32.4 Å². The minimum absolute atomic E-state index is 0.0896. The van der Waals surface area contributed by atoms with Gasteiger partial charge in [-0.3, -0.25) is 0 Å². The van der Waals surface area contributed by atoms with Gasteiger partial charge >= 0.3 is 5.97 Å². The Morgan fingerprint density at radius 3 is 2.59 bits per heavy atom. The van der Waals surface area contributed by atoms with Gasteiger partial charge in [-0.25, -0.2) is 4.79 Å². The topological polar surface area (TPSA) is 46.5 Å². The number of carboxylic acid groups (broad SMARTS) is 1. The first-order chi connectivity index (χ1) is 7.95. The van der Waals surface area contributed by atoms with Crippen LogP contribution < -0.4 is 4.74 Å². The molecule has 0 aliphatic heterocycles. The average Bonchev–Trinajstić information content (AvgIpc) is 2.26. The second-order valence-electron chi connectivity index (χ2n) is 4.23. The zero-order chi connectivity index (χ0) is 13.0. The van der Waals surface area contributed by atoms with Crippen molar-refractivity contribution in [3.05, 3.63) is 28.8 Å². The molecule has 0 fully saturated rings. The van der Waals surface area contributed by atoms with E-state index in [4.69, 9.17) is 21.4 Å². The van der Waals surface area contributed by atoms with Crippen LogP contribution in [-0.2, 0) is 11.2 Å². The van der Waals surface area contributed by atoms with Crippen LogP contribution >= 0.6 is 11.6 Å². The van der Waals surface area contributed by atoms with E-state index in [0.717, 1.165) is 12.0 Å². The van der Waals surface area contributed by atoms with Gasteiger partial charge in [0.15, 0.2) is 6.10 Å². The molecule has 1 atom stereocenters. The van der Waals surface area contributed by atoms with Crippen LogP contribution in [0, 0.1) is 5.92 Å². The van der Waals surface area contributed by atoms with Gasteiger partial charge in [0.05, 0.1) is 0 Å². The zero-order valence-corrected chi connectivity index (χ0v) is 11.0. The van der Waals surface area contributed by atoms with E-state index in [1.54, 1.807) is 18.2 Å². The summed E-state index contributed by atoms with van der Waals surface area (Å²) in [7, 11) is 0. The molecule has 0 aliphatic rings. The second-order valence-corrected chi connectivity index (χ2v) is 4.63. The van der Waals surface area contributed by atoms with E-state index >= 15 is 0 Å². The number of carboxylic acids is 1. The summed E-state index contributed by atoms with van der Waals surface area (Å²) in [4.78, 5) is 11.0. The van der Waals surface area contributed by atoms with Crippen molar-refractivity contribution in [2.45, 2.75) is 33.3 Å². The van der Waals surface area contributed by atoms with E-state index in [-0.39, 0.29) is 5.92 Å². The summed E-state index contributed by atoms with van der Waals surface area (Å²) in [5.41, 5.74) is 0.956. The Bertz CT molecular complexity index is 402. The number of aliphatic carboxylic acids is 1. The van der Waals surface area contributed by atoms with Crippen molar-refractivity contribution in [2.24, 2.45) is 5.92 Å². The van der Waals surface area contributed by atoms with Gasteiger partial charge in [-0.2, -0.15) is 0 Å². The number of hydrogen-bond acceptors (Lipinski definition) is 2. The standard InChI is InChI=1S/C13H17ClO3/c1-4-9-7-10(5-6-11(9)14)17-12(8(2)3)13(15)16/h5-8,12H,4H2,1-3H3,(H,15,16). The number of benzene rings is 1. The largest absolute Gasteiger partial charge is 0.478 e. The minimum atomic E-state index is -0.951. The highest BCUT2D eigenvalue weighted by atomic mass is 35.5. The maximum Gasteiger partial charge on any atom is 0.345 e. The highest BCUT2D eigenvalue weighted by molar-refractivity contribution is 6.31. The first-order valence-electron chi connectivity index (χ1n) is 5.63. The van der Waals surface area contributed by atoms with E-state index in [1.165, 1.54) is 0 Å². The fraction of sp³-hybridized carbons (Fsp3) is 0.462. The van der Waals surface area contributed by atoms with E-state index in [1.807, 2.05) is 20.8 Å². The summed E-state index contributed by atoms with van der Waals surface area (Å²) >= 11 is 5.99. The Kier molecular flexibility index (Phi) is 4.82. The molecule has 0 saturated carbocycles. The van der Waals surface area contributed by atoms with Crippen LogP contribution in [0.25, 0.3) is 0 Å². The molecule has 0 aliphatic carbocycles. The van der Waals surface area contributed by atoms with Gasteiger partial charge in [-0.05, 0) is 30.2 Å². The van der Waals surface area contributed by atoms with Crippen molar-refractivity contribution in [1.82, 2.24) is 0 Å². The Labute approximate surface area is 106 Å². The van der Waals surface area contributed by atoms with Crippen LogP contribution in [0.15, 0.2) is 18.2 Å². The first-order valence-corrected chi connectivity index (χ1v) is 6.01. The molecule has 0 radical (unpaired) electrons. The van der Waals surface area contributed by atoms with E-state index in [9.17, 15) is 4.79 Å². The van der Waals surface area contributed by atoms with E-state index in [0.29, 0.717) is 10.8 Å². The van der Waals surface area contributed by atoms with Crippen molar-refractivity contribution < 1.29 is 14.6 Å². The molecule has 0 heterocycles. The summed E-state index contributed by atoms with van der Waals surface area (Å²) < 4.78 is 5.48. The summed E-state index contributed by atoms with van der Waals surface area (Å²) in [5, 5.41) is 9.71. The lowest BCUT2D eigenvalue weighted by molar-refractivity contribution is -0.147. The van der Waals surface area contributed by atoms with Gasteiger partial charge in [0, 0.05) is 10.9 Å². The van der Waals surface area contributed by atoms with Gasteiger partial charge in [0.1, 0.15) is 5.75 Å². The summed E-state index contributed by atoms with van der Waals surface area (Å²) in [6, 6.07) is 5.22. The molecular formula is C13H17ClO3. The average molecular weight is 257 g/mol. The number of halogens is 1. The summed E-state index contributed by atoms with van der Waals surface area (Å²) in [5.74, 6) is -0.492. The monoisotopic (exact) mass is 256 g/mol. The molecule has 17 heavy (non-hydrogen) atoms. The smallest absolute Gasteiger partial charge is 0.345 e. The van der Waals surface area contributed by atoms with Crippen LogP contribution in [0.5, 0.6) is 5.75 Å². The van der Waals surface area contributed by atoms with Crippen LogP contribution in [0.4, 0.5) is 0 Å². The molecule has 0 bridgehead atoms. The zero-order valence-electron chi connectivity index (χ0n) is 10.2. The van der Waals surface area contributed by atoms with Crippen molar-refractivity contribution >= 4 is 17.6 Å². The SMILES string of the molecule is CCc1cc(OC(C(=O)O)C(C)C)ccc1Cl. The molecule has 0 aromatic heterocycles. The predicted octanol–water partition coefficient (Wildman–Crippen LogP) is 3.39. The molecule has 1 aromatic rings. The molecule has 1 rings (SSSR count). The van der Waals surface area contributed by atoms with Crippen molar-refractivity contribution in [3.8, 4) is 5.75 Å². The fourth-order valence-electron chi connectivity index (χ4n) is 1.51. The van der Waals surface area contributed by atoms with E-state index in [2.05, 4.69) is 0 Å². The highest BCUT2D eigenvalue weighted by Crippen LogP contribution is 2.24. The second kappa shape index (κ2) is 5.92. The number of carbonyl (C=O) groups is 1. The lowest BCUT2D eigenvalue weighted by atomic mass is 10.1. The maximum absolute atomic E-state index is 11.0. The Morgan fingerprint density at radius 1 is 1.47 bits per heavy atom. The Hall–Kier alpha value is -1.22. The van der Waals surface area contributed by atoms with E-state index < -0.39 is 12.1 Å². The Morgan fingerprint density at radius 2 is 2.12 bits per heavy atom. The third kappa shape index (κ3) is 3.63. The van der Waals surface area contributed by atoms with Gasteiger partial charge < -0.3 is 9.84 Å². The number of rotatable bonds is 5. The molecule has 3 nitrogen and oxygen atoms in total. The van der Waals surface area contributed by atoms with Crippen molar-refractivity contribution in [1.29, 1.82) is 0 Å². The van der Waals surface area contributed by atoms with Crippen LogP contribution in [-0.4, -0.2) is 17.2 Å². The molecule has 1 aromatic carbocycles. The molecular weight excluding hydrogens is 240 g/mol. The highest BCUT2D eigenvalue weighted by Gasteiger charge is 2.23. The third-order valence-electron chi connectivity index (χ3n) is 2.51. The van der Waals surface area contributed by atoms with Crippen LogP contribution in [0.1, 0.15) is 26.3 Å². The molecule has 0 saturated heterocycles. The normalized spacial score (nSPS) is 12.5. The van der Waals surface area contributed by atoms with Crippen LogP contribution in [0.2, 0.25) is 5.02 Å². The van der Waals surface area contributed by atoms with Gasteiger partial charge in [-0.15, -0.1) is 0 Å². The lowest BCUT2D eigenvalue weighted by Gasteiger charge is -2.18. The molecule has 94 valence electrons. The Balaban J connectivity index is 2.90. The van der Waals surface area contributed by atoms with Gasteiger partial charge in [0.2, 0.25) is 0 Å². The summed E-state index contributed by atoms with van der Waals surface area (Å²) in [6.45, 7) is 5.62. The third-order valence-corrected chi connectivity index (χ3v) is 2.88. The number of aryl methyl sites for hydroxylation is 1. The van der Waals surface area contributed by atoms with Crippen molar-refractivity contribution in [3.63, 3.8) is 0 Å². The van der Waals surface area contributed by atoms with Gasteiger partial charge in [0.25, 0.3) is 0 Å². The van der Waals surface area contributed by atoms with Crippen LogP contribution in [0.3, 0.4) is 0 Å². The molecule has 4 heteroatoms. The predicted molar refractivity (Wildman–Crippen MR) is 67.7 cm³/mol. The first kappa shape index (κ1) is 13.8. The fourth-order valence-corrected chi connectivity index (χ4v) is 1.76. The molecule has 1 unspecified atom stereocenters.